The third kappa shape index (κ3) is 10.0. The van der Waals surface area contributed by atoms with Crippen LogP contribution in [0.2, 0.25) is 0 Å². The summed E-state index contributed by atoms with van der Waals surface area (Å²) in [5.41, 5.74) is -2.98. The maximum atomic E-state index is 13.6. The average Bonchev–Trinajstić information content (AvgIpc) is 2.76. The van der Waals surface area contributed by atoms with Gasteiger partial charge in [-0.1, -0.05) is 0 Å². The van der Waals surface area contributed by atoms with Crippen LogP contribution in [0.1, 0.15) is 48.5 Å². The first-order chi connectivity index (χ1) is 17.5. The van der Waals surface area contributed by atoms with Gasteiger partial charge in [0.25, 0.3) is 5.72 Å². The summed E-state index contributed by atoms with van der Waals surface area (Å²) in [5, 5.41) is 14.4. The zero-order valence-electron chi connectivity index (χ0n) is 21.8. The summed E-state index contributed by atoms with van der Waals surface area (Å²) >= 11 is 0.351. The van der Waals surface area contributed by atoms with Gasteiger partial charge < -0.3 is 34.7 Å². The minimum absolute atomic E-state index is 0.0798. The van der Waals surface area contributed by atoms with Crippen molar-refractivity contribution in [2.24, 2.45) is 4.58 Å². The lowest BCUT2D eigenvalue weighted by Crippen LogP contribution is -2.73. The molecule has 0 unspecified atom stereocenters. The van der Waals surface area contributed by atoms with Gasteiger partial charge in [-0.15, -0.1) is 4.91 Å². The maximum Gasteiger partial charge on any atom is 0.305 e. The second kappa shape index (κ2) is 15.0. The third-order valence-corrected chi connectivity index (χ3v) is 5.38. The molecule has 0 aliphatic rings. The van der Waals surface area contributed by atoms with Crippen LogP contribution in [-0.2, 0) is 52.5 Å². The van der Waals surface area contributed by atoms with E-state index in [0.29, 0.717) is 11.9 Å². The summed E-state index contributed by atoms with van der Waals surface area (Å²) in [5.74, 6) is -6.50. The van der Waals surface area contributed by atoms with Gasteiger partial charge in [-0.3, -0.25) is 33.6 Å². The first kappa shape index (κ1) is 34.4. The van der Waals surface area contributed by atoms with Gasteiger partial charge in [0.05, 0.1) is 11.4 Å². The molecule has 2 amide bonds. The van der Waals surface area contributed by atoms with Crippen LogP contribution in [0.25, 0.3) is 0 Å². The third-order valence-electron chi connectivity index (χ3n) is 4.60. The van der Waals surface area contributed by atoms with Gasteiger partial charge >= 0.3 is 23.9 Å². The Kier molecular flexibility index (Phi) is 13.5. The van der Waals surface area contributed by atoms with E-state index >= 15 is 0 Å². The van der Waals surface area contributed by atoms with Crippen LogP contribution < -0.4 is 10.6 Å². The number of aldehydes is 1. The fraction of sp³-hybridized carbons (Fsp3) is 0.667. The van der Waals surface area contributed by atoms with E-state index in [0.717, 1.165) is 34.6 Å². The van der Waals surface area contributed by atoms with Crippen LogP contribution in [0.4, 0.5) is 0 Å². The summed E-state index contributed by atoms with van der Waals surface area (Å²) in [4.78, 5) is 96.4. The number of nitrogens with zero attached hydrogens (tertiary/aromatic N) is 1. The van der Waals surface area contributed by atoms with Crippen LogP contribution in [-0.4, -0.2) is 88.5 Å². The molecule has 0 saturated carbocycles. The van der Waals surface area contributed by atoms with Gasteiger partial charge in [-0.05, 0) is 13.8 Å². The van der Waals surface area contributed by atoms with E-state index in [9.17, 15) is 43.6 Å². The molecule has 0 heterocycles. The number of ether oxygens (including phenoxy) is 4. The Morgan fingerprint density at radius 2 is 1.45 bits per heavy atom. The molecular weight excluding hydrogens is 534 g/mol. The van der Waals surface area contributed by atoms with E-state index in [4.69, 9.17) is 18.9 Å². The van der Waals surface area contributed by atoms with E-state index in [1.807, 2.05) is 0 Å². The summed E-state index contributed by atoms with van der Waals surface area (Å²) in [6, 6.07) is -1.64. The monoisotopic (exact) mass is 565 g/mol. The number of hydrogen-bond acceptors (Lipinski definition) is 15. The van der Waals surface area contributed by atoms with E-state index in [1.54, 1.807) is 0 Å². The Morgan fingerprint density at radius 3 is 1.82 bits per heavy atom. The number of nitrogens with one attached hydrogen (secondary N) is 2. The van der Waals surface area contributed by atoms with Gasteiger partial charge in [0, 0.05) is 51.1 Å². The molecule has 38 heavy (non-hydrogen) atoms. The van der Waals surface area contributed by atoms with Crippen molar-refractivity contribution >= 4 is 53.9 Å². The molecule has 0 aliphatic heterocycles. The number of nitroso groups, excluding NO2 is 1. The Balaban J connectivity index is 7.41. The number of hydrogen-bond donors (Lipinski definition) is 3. The highest BCUT2D eigenvalue weighted by atomic mass is 32.2. The lowest BCUT2D eigenvalue weighted by molar-refractivity contribution is -0.236. The highest BCUT2D eigenvalue weighted by molar-refractivity contribution is 7.99. The fourth-order valence-electron chi connectivity index (χ4n) is 3.28. The van der Waals surface area contributed by atoms with Crippen molar-refractivity contribution in [3.05, 3.63) is 4.91 Å². The molecule has 3 N–H and O–H groups in total. The Hall–Kier alpha value is -3.60. The molecule has 5 atom stereocenters. The smallest absolute Gasteiger partial charge is 0.305 e. The Bertz CT molecular complexity index is 941. The van der Waals surface area contributed by atoms with E-state index in [2.05, 4.69) is 15.2 Å². The molecule has 0 aromatic rings. The summed E-state index contributed by atoms with van der Waals surface area (Å²) in [7, 11) is 0. The van der Waals surface area contributed by atoms with E-state index in [1.165, 1.54) is 13.8 Å². The van der Waals surface area contributed by atoms with Crippen LogP contribution in [0.3, 0.4) is 0 Å². The average molecular weight is 566 g/mol. The fourth-order valence-corrected chi connectivity index (χ4v) is 3.74. The molecule has 0 rings (SSSR count). The van der Waals surface area contributed by atoms with Crippen molar-refractivity contribution in [1.29, 1.82) is 0 Å². The molecule has 0 aliphatic carbocycles. The van der Waals surface area contributed by atoms with Gasteiger partial charge in [-0.2, -0.15) is 0 Å². The molecule has 0 saturated heterocycles. The highest BCUT2D eigenvalue weighted by Gasteiger charge is 2.59. The lowest BCUT2D eigenvalue weighted by Gasteiger charge is -2.44. The van der Waals surface area contributed by atoms with Gasteiger partial charge in [-0.25, -0.2) is 0 Å². The number of carbonyl (C=O) groups excluding carboxylic acids is 7. The number of amides is 2. The summed E-state index contributed by atoms with van der Waals surface area (Å²) in [6.45, 7) is 6.10. The van der Waals surface area contributed by atoms with Crippen molar-refractivity contribution in [3.8, 4) is 0 Å². The van der Waals surface area contributed by atoms with Crippen LogP contribution >= 0.6 is 11.9 Å². The molecule has 214 valence electrons. The van der Waals surface area contributed by atoms with E-state index < -0.39 is 77.1 Å². The number of carbonyl (C=O) groups is 7. The van der Waals surface area contributed by atoms with Crippen molar-refractivity contribution in [3.63, 3.8) is 0 Å². The molecule has 0 spiro atoms. The molecule has 0 aromatic heterocycles. The molecule has 0 bridgehead atoms. The first-order valence-electron chi connectivity index (χ1n) is 10.8. The second-order valence-electron chi connectivity index (χ2n) is 8.31. The SMILES string of the molecule is CC(=O)N[C@H](C(=O)N[C@@](OC(C)=O)([C@H](C=O)OC(C)=O)[C@H](OC(C)=O)[C@@H](CO)OC(C)=O)C(C)(C)SN=O. The normalized spacial score (nSPS) is 15.7. The number of aliphatic hydroxyl groups is 1. The van der Waals surface area contributed by atoms with Crippen molar-refractivity contribution in [1.82, 2.24) is 10.6 Å². The molecule has 0 fully saturated rings. The molecule has 0 radical (unpaired) electrons. The summed E-state index contributed by atoms with van der Waals surface area (Å²) < 4.78 is 21.5. The number of esters is 4. The second-order valence-corrected chi connectivity index (χ2v) is 9.69. The van der Waals surface area contributed by atoms with Crippen LogP contribution in [0.5, 0.6) is 0 Å². The molecule has 0 aromatic carbocycles. The predicted octanol–water partition coefficient (Wildman–Crippen LogP) is -0.954. The number of aliphatic hydroxyl groups excluding tert-OH is 1. The minimum Gasteiger partial charge on any atom is -0.456 e. The maximum absolute atomic E-state index is 13.6. The minimum atomic E-state index is -2.98. The van der Waals surface area contributed by atoms with Crippen LogP contribution in [0, 0.1) is 4.91 Å². The largest absolute Gasteiger partial charge is 0.456 e. The van der Waals surface area contributed by atoms with Crippen molar-refractivity contribution in [2.75, 3.05) is 6.61 Å². The quantitative estimate of drug-likeness (QED) is 0.0543. The molecule has 16 nitrogen and oxygen atoms in total. The predicted molar refractivity (Wildman–Crippen MR) is 128 cm³/mol. The molecular formula is C21H31N3O13S. The Labute approximate surface area is 221 Å². The number of rotatable bonds is 15. The van der Waals surface area contributed by atoms with E-state index in [-0.39, 0.29) is 6.29 Å². The standard InChI is InChI=1S/C21H31N3O13S/c1-10(27)22-17(20(6,7)38-24-33)19(32)23-21(37-14(5)31,16(9-26)35-12(3)29)18(36-13(4)30)15(8-25)34-11(2)28/h9,15-18,25H,8H2,1-7H3,(H,22,27)(H,23,32)/t15-,16+,17-,18-,21-/m1/s1. The Morgan fingerprint density at radius 1 is 0.921 bits per heavy atom. The zero-order chi connectivity index (χ0) is 29.8. The lowest BCUT2D eigenvalue weighted by atomic mass is 9.93. The molecule has 17 heteroatoms. The zero-order valence-corrected chi connectivity index (χ0v) is 22.6. The highest BCUT2D eigenvalue weighted by Crippen LogP contribution is 2.32. The van der Waals surface area contributed by atoms with Crippen molar-refractivity contribution in [2.45, 2.75) is 83.3 Å². The first-order valence-corrected chi connectivity index (χ1v) is 11.6. The van der Waals surface area contributed by atoms with Crippen LogP contribution in [0.15, 0.2) is 4.58 Å². The summed E-state index contributed by atoms with van der Waals surface area (Å²) in [6.07, 6.45) is -6.44. The topological polar surface area (TPSA) is 230 Å². The van der Waals surface area contributed by atoms with Gasteiger partial charge in [0.15, 0.2) is 12.4 Å². The van der Waals surface area contributed by atoms with Gasteiger partial charge in [0.1, 0.15) is 6.04 Å². The van der Waals surface area contributed by atoms with Crippen molar-refractivity contribution < 1.29 is 57.6 Å². The van der Waals surface area contributed by atoms with Gasteiger partial charge in [0.2, 0.25) is 24.0 Å².